The van der Waals surface area contributed by atoms with E-state index in [2.05, 4.69) is 41.4 Å². The van der Waals surface area contributed by atoms with Crippen molar-refractivity contribution in [2.45, 2.75) is 33.7 Å². The Bertz CT molecular complexity index is 273. The molecule has 0 saturated heterocycles. The lowest BCUT2D eigenvalue weighted by atomic mass is 10.4. The van der Waals surface area contributed by atoms with Crippen LogP contribution >= 0.6 is 11.3 Å². The summed E-state index contributed by atoms with van der Waals surface area (Å²) in [5.74, 6) is 0. The van der Waals surface area contributed by atoms with Gasteiger partial charge in [-0.1, -0.05) is 13.8 Å². The Labute approximate surface area is 96.5 Å². The van der Waals surface area contributed by atoms with Gasteiger partial charge in [-0.15, -0.1) is 11.3 Å². The number of nitrogens with zero attached hydrogens (tertiary/aromatic N) is 2. The summed E-state index contributed by atoms with van der Waals surface area (Å²) in [5.41, 5.74) is 1.16. The first-order valence-corrected chi connectivity index (χ1v) is 6.59. The Kier molecular flexibility index (Phi) is 5.65. The minimum atomic E-state index is 0.886. The van der Waals surface area contributed by atoms with E-state index in [4.69, 9.17) is 0 Å². The van der Waals surface area contributed by atoms with Gasteiger partial charge in [0.15, 0.2) is 5.13 Å². The molecule has 0 aromatic carbocycles. The van der Waals surface area contributed by atoms with Crippen LogP contribution in [0.3, 0.4) is 0 Å². The van der Waals surface area contributed by atoms with Gasteiger partial charge >= 0.3 is 0 Å². The predicted molar refractivity (Wildman–Crippen MR) is 67.7 cm³/mol. The van der Waals surface area contributed by atoms with Crippen LogP contribution in [-0.2, 0) is 6.54 Å². The molecule has 86 valence electrons. The number of hydrogen-bond donors (Lipinski definition) is 1. The molecule has 1 N–H and O–H groups in total. The maximum absolute atomic E-state index is 4.62. The van der Waals surface area contributed by atoms with Crippen LogP contribution < -0.4 is 10.2 Å². The number of rotatable bonds is 7. The molecule has 0 radical (unpaired) electrons. The van der Waals surface area contributed by atoms with Crippen molar-refractivity contribution < 1.29 is 0 Å². The molecule has 0 spiro atoms. The van der Waals surface area contributed by atoms with Gasteiger partial charge in [0.2, 0.25) is 0 Å². The van der Waals surface area contributed by atoms with Crippen molar-refractivity contribution in [3.05, 3.63) is 11.1 Å². The first kappa shape index (κ1) is 12.5. The molecular formula is C11H21N3S. The molecule has 3 nitrogen and oxygen atoms in total. The van der Waals surface area contributed by atoms with Crippen LogP contribution in [0.4, 0.5) is 5.13 Å². The van der Waals surface area contributed by atoms with E-state index in [9.17, 15) is 0 Å². The maximum Gasteiger partial charge on any atom is 0.185 e. The molecule has 0 bridgehead atoms. The van der Waals surface area contributed by atoms with E-state index in [-0.39, 0.29) is 0 Å². The topological polar surface area (TPSA) is 28.2 Å². The Morgan fingerprint density at radius 1 is 1.40 bits per heavy atom. The Morgan fingerprint density at radius 2 is 2.20 bits per heavy atom. The van der Waals surface area contributed by atoms with Crippen LogP contribution in [0.25, 0.3) is 0 Å². The minimum Gasteiger partial charge on any atom is -0.348 e. The van der Waals surface area contributed by atoms with E-state index >= 15 is 0 Å². The fourth-order valence-corrected chi connectivity index (χ4v) is 2.35. The van der Waals surface area contributed by atoms with Crippen molar-refractivity contribution in [2.75, 3.05) is 24.5 Å². The molecule has 0 atom stereocenters. The third-order valence-electron chi connectivity index (χ3n) is 2.24. The molecule has 1 rings (SSSR count). The maximum atomic E-state index is 4.62. The number of nitrogens with one attached hydrogen (secondary N) is 1. The van der Waals surface area contributed by atoms with Gasteiger partial charge in [0, 0.05) is 25.0 Å². The van der Waals surface area contributed by atoms with Crippen molar-refractivity contribution in [2.24, 2.45) is 0 Å². The van der Waals surface area contributed by atoms with Crippen LogP contribution in [0.1, 0.15) is 32.9 Å². The molecule has 1 aromatic rings. The van der Waals surface area contributed by atoms with Crippen molar-refractivity contribution in [3.8, 4) is 0 Å². The monoisotopic (exact) mass is 227 g/mol. The van der Waals surface area contributed by atoms with Gasteiger partial charge in [0.25, 0.3) is 0 Å². The third kappa shape index (κ3) is 3.80. The second-order valence-electron chi connectivity index (χ2n) is 3.48. The summed E-state index contributed by atoms with van der Waals surface area (Å²) in [5, 5.41) is 6.60. The number of thiazole rings is 1. The van der Waals surface area contributed by atoms with Gasteiger partial charge in [0.1, 0.15) is 0 Å². The summed E-state index contributed by atoms with van der Waals surface area (Å²) in [6.45, 7) is 10.5. The summed E-state index contributed by atoms with van der Waals surface area (Å²) in [7, 11) is 0. The van der Waals surface area contributed by atoms with E-state index in [0.29, 0.717) is 0 Å². The second kappa shape index (κ2) is 6.80. The fourth-order valence-electron chi connectivity index (χ4n) is 1.43. The highest BCUT2D eigenvalue weighted by Gasteiger charge is 2.07. The quantitative estimate of drug-likeness (QED) is 0.775. The first-order chi connectivity index (χ1) is 7.31. The summed E-state index contributed by atoms with van der Waals surface area (Å²) in [6, 6.07) is 0. The van der Waals surface area contributed by atoms with Crippen LogP contribution in [0.2, 0.25) is 0 Å². The van der Waals surface area contributed by atoms with E-state index in [1.807, 2.05) is 0 Å². The van der Waals surface area contributed by atoms with Gasteiger partial charge in [-0.05, 0) is 19.9 Å². The van der Waals surface area contributed by atoms with Gasteiger partial charge in [0.05, 0.1) is 5.69 Å². The molecule has 15 heavy (non-hydrogen) atoms. The Balaban J connectivity index is 2.56. The molecule has 0 aliphatic heterocycles. The Hall–Kier alpha value is -0.610. The minimum absolute atomic E-state index is 0.886. The van der Waals surface area contributed by atoms with Gasteiger partial charge in [-0.25, -0.2) is 4.98 Å². The second-order valence-corrected chi connectivity index (χ2v) is 4.32. The zero-order chi connectivity index (χ0) is 11.1. The van der Waals surface area contributed by atoms with Crippen LogP contribution in [0.5, 0.6) is 0 Å². The largest absolute Gasteiger partial charge is 0.348 e. The molecule has 0 saturated carbocycles. The van der Waals surface area contributed by atoms with Crippen molar-refractivity contribution in [1.82, 2.24) is 10.3 Å². The molecule has 1 aromatic heterocycles. The summed E-state index contributed by atoms with van der Waals surface area (Å²) in [6.07, 6.45) is 1.18. The van der Waals surface area contributed by atoms with Crippen LogP contribution in [-0.4, -0.2) is 24.6 Å². The molecule has 0 aliphatic rings. The SMILES string of the molecule is CCCN(CC)c1nc(CNCC)cs1. The lowest BCUT2D eigenvalue weighted by molar-refractivity contribution is 0.710. The molecule has 0 fully saturated rings. The number of aromatic nitrogens is 1. The summed E-state index contributed by atoms with van der Waals surface area (Å²) in [4.78, 5) is 6.95. The van der Waals surface area contributed by atoms with Gasteiger partial charge < -0.3 is 10.2 Å². The lowest BCUT2D eigenvalue weighted by Gasteiger charge is -2.18. The highest BCUT2D eigenvalue weighted by Crippen LogP contribution is 2.20. The predicted octanol–water partition coefficient (Wildman–Crippen LogP) is 2.49. The zero-order valence-corrected chi connectivity index (χ0v) is 10.7. The van der Waals surface area contributed by atoms with Crippen LogP contribution in [0, 0.1) is 0 Å². The highest BCUT2D eigenvalue weighted by molar-refractivity contribution is 7.13. The molecular weight excluding hydrogens is 206 g/mol. The van der Waals surface area contributed by atoms with E-state index in [1.165, 1.54) is 6.42 Å². The van der Waals surface area contributed by atoms with Crippen LogP contribution in [0.15, 0.2) is 5.38 Å². The number of anilines is 1. The average molecular weight is 227 g/mol. The van der Waals surface area contributed by atoms with E-state index in [1.54, 1.807) is 11.3 Å². The summed E-state index contributed by atoms with van der Waals surface area (Å²) >= 11 is 1.75. The molecule has 0 amide bonds. The van der Waals surface area contributed by atoms with Crippen molar-refractivity contribution in [3.63, 3.8) is 0 Å². The van der Waals surface area contributed by atoms with Gasteiger partial charge in [-0.3, -0.25) is 0 Å². The third-order valence-corrected chi connectivity index (χ3v) is 3.19. The summed E-state index contributed by atoms with van der Waals surface area (Å²) < 4.78 is 0. The molecule has 0 aliphatic carbocycles. The fraction of sp³-hybridized carbons (Fsp3) is 0.727. The molecule has 0 unspecified atom stereocenters. The first-order valence-electron chi connectivity index (χ1n) is 5.71. The molecule has 1 heterocycles. The van der Waals surface area contributed by atoms with E-state index < -0.39 is 0 Å². The van der Waals surface area contributed by atoms with Crippen molar-refractivity contribution >= 4 is 16.5 Å². The smallest absolute Gasteiger partial charge is 0.185 e. The highest BCUT2D eigenvalue weighted by atomic mass is 32.1. The molecule has 4 heteroatoms. The van der Waals surface area contributed by atoms with E-state index in [0.717, 1.165) is 37.0 Å². The zero-order valence-electron chi connectivity index (χ0n) is 9.92. The standard InChI is InChI=1S/C11H21N3S/c1-4-7-14(6-3)11-13-10(9-15-11)8-12-5-2/h9,12H,4-8H2,1-3H3. The Morgan fingerprint density at radius 3 is 2.80 bits per heavy atom. The number of hydrogen-bond acceptors (Lipinski definition) is 4. The van der Waals surface area contributed by atoms with Crippen molar-refractivity contribution in [1.29, 1.82) is 0 Å². The normalized spacial score (nSPS) is 10.6. The average Bonchev–Trinajstić information content (AvgIpc) is 2.71. The lowest BCUT2D eigenvalue weighted by Crippen LogP contribution is -2.23. The van der Waals surface area contributed by atoms with Gasteiger partial charge in [-0.2, -0.15) is 0 Å².